The van der Waals surface area contributed by atoms with Crippen LogP contribution in [-0.4, -0.2) is 28.2 Å². The number of aromatic hydroxyl groups is 1. The number of esters is 1. The van der Waals surface area contributed by atoms with Crippen molar-refractivity contribution in [1.29, 1.82) is 0 Å². The first-order valence-corrected chi connectivity index (χ1v) is 12.5. The first kappa shape index (κ1) is 25.9. The van der Waals surface area contributed by atoms with E-state index in [1.54, 1.807) is 6.07 Å². The number of carbonyl (C=O) groups is 1. The Labute approximate surface area is 182 Å². The quantitative estimate of drug-likeness (QED) is 0.270. The van der Waals surface area contributed by atoms with Gasteiger partial charge in [-0.05, 0) is 56.2 Å². The van der Waals surface area contributed by atoms with Crippen molar-refractivity contribution in [3.05, 3.63) is 29.3 Å². The standard InChI is InChI=1S/C25H42O3S/c1-19(2)12-10-9-11-15-28-23(27)18-29(25(6,7)8)17-20-13-14-22(26)21(16-20)24(3,4)5/h13-14,16,19H,9-12,15,17-18H2,1-8H3/p+1. The number of ether oxygens (including phenoxy) is 1. The van der Waals surface area contributed by atoms with Crippen molar-refractivity contribution in [3.8, 4) is 5.75 Å². The Hall–Kier alpha value is -1.16. The molecule has 0 saturated carbocycles. The van der Waals surface area contributed by atoms with Gasteiger partial charge in [0.2, 0.25) is 5.75 Å². The molecular formula is C25H43O3S+. The second-order valence-electron chi connectivity index (χ2n) is 10.5. The lowest BCUT2D eigenvalue weighted by Crippen LogP contribution is -2.36. The van der Waals surface area contributed by atoms with Crippen molar-refractivity contribution >= 4 is 16.9 Å². The fourth-order valence-corrected chi connectivity index (χ4v) is 5.08. The molecule has 4 heteroatoms. The third kappa shape index (κ3) is 9.93. The molecule has 0 aromatic heterocycles. The van der Waals surface area contributed by atoms with E-state index < -0.39 is 0 Å². The van der Waals surface area contributed by atoms with Crippen molar-refractivity contribution in [2.24, 2.45) is 5.92 Å². The van der Waals surface area contributed by atoms with E-state index in [0.29, 0.717) is 18.1 Å². The molecule has 0 fully saturated rings. The Morgan fingerprint density at radius 1 is 1.07 bits per heavy atom. The monoisotopic (exact) mass is 423 g/mol. The molecule has 1 atom stereocenters. The molecule has 1 rings (SSSR count). The summed E-state index contributed by atoms with van der Waals surface area (Å²) in [5.74, 6) is 2.29. The lowest BCUT2D eigenvalue weighted by atomic mass is 9.85. The predicted molar refractivity (Wildman–Crippen MR) is 127 cm³/mol. The molecular weight excluding hydrogens is 380 g/mol. The number of carbonyl (C=O) groups excluding carboxylic acids is 1. The molecule has 1 unspecified atom stereocenters. The van der Waals surface area contributed by atoms with Crippen LogP contribution < -0.4 is 0 Å². The van der Waals surface area contributed by atoms with Crippen molar-refractivity contribution in [1.82, 2.24) is 0 Å². The highest BCUT2D eigenvalue weighted by Crippen LogP contribution is 2.33. The summed E-state index contributed by atoms with van der Waals surface area (Å²) in [6, 6.07) is 5.87. The average Bonchev–Trinajstić information content (AvgIpc) is 2.56. The van der Waals surface area contributed by atoms with Gasteiger partial charge in [0, 0.05) is 16.5 Å². The number of unbranched alkanes of at least 4 members (excludes halogenated alkanes) is 2. The minimum Gasteiger partial charge on any atom is -0.508 e. The van der Waals surface area contributed by atoms with Crippen LogP contribution in [0.1, 0.15) is 92.2 Å². The molecule has 0 spiro atoms. The smallest absolute Gasteiger partial charge is 0.356 e. The maximum atomic E-state index is 12.5. The van der Waals surface area contributed by atoms with Gasteiger partial charge in [0.25, 0.3) is 0 Å². The summed E-state index contributed by atoms with van der Waals surface area (Å²) < 4.78 is 5.56. The molecule has 1 N–H and O–H groups in total. The lowest BCUT2D eigenvalue weighted by molar-refractivity contribution is -0.140. The first-order valence-electron chi connectivity index (χ1n) is 11.0. The van der Waals surface area contributed by atoms with Crippen LogP contribution in [0.3, 0.4) is 0 Å². The van der Waals surface area contributed by atoms with E-state index in [1.165, 1.54) is 18.4 Å². The molecule has 0 radical (unpaired) electrons. The van der Waals surface area contributed by atoms with E-state index in [1.807, 2.05) is 6.07 Å². The Morgan fingerprint density at radius 2 is 1.72 bits per heavy atom. The Balaban J connectivity index is 2.67. The lowest BCUT2D eigenvalue weighted by Gasteiger charge is -2.24. The highest BCUT2D eigenvalue weighted by Gasteiger charge is 2.37. The summed E-state index contributed by atoms with van der Waals surface area (Å²) in [4.78, 5) is 12.5. The topological polar surface area (TPSA) is 46.5 Å². The minimum absolute atomic E-state index is 0.0239. The van der Waals surface area contributed by atoms with Crippen LogP contribution in [0.25, 0.3) is 0 Å². The van der Waals surface area contributed by atoms with Gasteiger partial charge in [0.15, 0.2) is 0 Å². The molecule has 29 heavy (non-hydrogen) atoms. The molecule has 1 aromatic rings. The zero-order valence-corrected chi connectivity index (χ0v) is 20.7. The predicted octanol–water partition coefficient (Wildman–Crippen LogP) is 6.37. The molecule has 1 aromatic carbocycles. The molecule has 3 nitrogen and oxygen atoms in total. The summed E-state index contributed by atoms with van der Waals surface area (Å²) in [5, 5.41) is 10.2. The van der Waals surface area contributed by atoms with Gasteiger partial charge in [0.05, 0.1) is 6.61 Å². The van der Waals surface area contributed by atoms with E-state index in [-0.39, 0.29) is 27.0 Å². The SMILES string of the molecule is CC(C)CCCCCOC(=O)C[S+](Cc1ccc(O)c(C(C)(C)C)c1)C(C)(C)C. The molecule has 0 aliphatic carbocycles. The molecule has 0 aliphatic rings. The largest absolute Gasteiger partial charge is 0.508 e. The van der Waals surface area contributed by atoms with Gasteiger partial charge < -0.3 is 9.84 Å². The third-order valence-corrected chi connectivity index (χ3v) is 8.05. The zero-order valence-electron chi connectivity index (χ0n) is 19.9. The van der Waals surface area contributed by atoms with Crippen LogP contribution in [-0.2, 0) is 31.6 Å². The van der Waals surface area contributed by atoms with Crippen LogP contribution >= 0.6 is 0 Å². The number of hydrogen-bond acceptors (Lipinski definition) is 3. The van der Waals surface area contributed by atoms with Crippen LogP contribution in [0.15, 0.2) is 18.2 Å². The van der Waals surface area contributed by atoms with Crippen LogP contribution in [0.2, 0.25) is 0 Å². The van der Waals surface area contributed by atoms with Crippen LogP contribution in [0.4, 0.5) is 0 Å². The Bertz CT molecular complexity index is 638. The van der Waals surface area contributed by atoms with Gasteiger partial charge in [0.1, 0.15) is 16.2 Å². The Kier molecular flexibility index (Phi) is 10.1. The van der Waals surface area contributed by atoms with Gasteiger partial charge in [-0.2, -0.15) is 0 Å². The highest BCUT2D eigenvalue weighted by molar-refractivity contribution is 7.98. The number of phenols is 1. The summed E-state index contributed by atoms with van der Waals surface area (Å²) >= 11 is 0. The van der Waals surface area contributed by atoms with Gasteiger partial charge in [-0.25, -0.2) is 4.79 Å². The van der Waals surface area contributed by atoms with Crippen molar-refractivity contribution in [3.63, 3.8) is 0 Å². The van der Waals surface area contributed by atoms with Crippen molar-refractivity contribution in [2.45, 2.75) is 97.0 Å². The first-order chi connectivity index (χ1) is 13.3. The maximum absolute atomic E-state index is 12.5. The van der Waals surface area contributed by atoms with Gasteiger partial charge >= 0.3 is 5.97 Å². The summed E-state index contributed by atoms with van der Waals surface area (Å²) in [6.45, 7) is 17.9. The van der Waals surface area contributed by atoms with Crippen LogP contribution in [0.5, 0.6) is 5.75 Å². The van der Waals surface area contributed by atoms with Crippen molar-refractivity contribution in [2.75, 3.05) is 12.4 Å². The second-order valence-corrected chi connectivity index (χ2v) is 13.2. The number of rotatable bonds is 10. The second kappa shape index (κ2) is 11.3. The van der Waals surface area contributed by atoms with E-state index in [0.717, 1.165) is 30.1 Å². The van der Waals surface area contributed by atoms with Crippen LogP contribution in [0, 0.1) is 5.92 Å². The van der Waals surface area contributed by atoms with E-state index in [2.05, 4.69) is 61.5 Å². The summed E-state index contributed by atoms with van der Waals surface area (Å²) in [5.41, 5.74) is 2.01. The zero-order chi connectivity index (χ0) is 22.2. The third-order valence-electron chi connectivity index (χ3n) is 5.06. The molecule has 0 heterocycles. The molecule has 0 aliphatic heterocycles. The van der Waals surface area contributed by atoms with E-state index in [4.69, 9.17) is 4.74 Å². The summed E-state index contributed by atoms with van der Waals surface area (Å²) in [7, 11) is -0.136. The normalized spacial score (nSPS) is 13.6. The molecule has 166 valence electrons. The number of phenolic OH excluding ortho intramolecular Hbond substituents is 1. The summed E-state index contributed by atoms with van der Waals surface area (Å²) in [6.07, 6.45) is 4.53. The Morgan fingerprint density at radius 3 is 2.28 bits per heavy atom. The van der Waals surface area contributed by atoms with E-state index >= 15 is 0 Å². The minimum atomic E-state index is -0.136. The van der Waals surface area contributed by atoms with Crippen molar-refractivity contribution < 1.29 is 14.6 Å². The fraction of sp³-hybridized carbons (Fsp3) is 0.720. The van der Waals surface area contributed by atoms with E-state index in [9.17, 15) is 9.90 Å². The molecule has 0 saturated heterocycles. The van der Waals surface area contributed by atoms with Gasteiger partial charge in [-0.3, -0.25) is 0 Å². The maximum Gasteiger partial charge on any atom is 0.356 e. The molecule has 0 bridgehead atoms. The highest BCUT2D eigenvalue weighted by atomic mass is 32.2. The average molecular weight is 424 g/mol. The van der Waals surface area contributed by atoms with Gasteiger partial charge in [-0.15, -0.1) is 0 Å². The molecule has 0 amide bonds. The number of benzene rings is 1. The number of hydrogen-bond donors (Lipinski definition) is 1. The van der Waals surface area contributed by atoms with Gasteiger partial charge in [-0.1, -0.05) is 59.9 Å². The fourth-order valence-electron chi connectivity index (χ4n) is 3.16.